The number of rotatable bonds is 5. The van der Waals surface area contributed by atoms with E-state index in [1.165, 1.54) is 17.4 Å². The average molecular weight is 291 g/mol. The van der Waals surface area contributed by atoms with E-state index in [0.29, 0.717) is 12.1 Å². The van der Waals surface area contributed by atoms with Gasteiger partial charge in [0.2, 0.25) is 0 Å². The lowest BCUT2D eigenvalue weighted by Crippen LogP contribution is -2.34. The molecule has 0 fully saturated rings. The van der Waals surface area contributed by atoms with Crippen LogP contribution in [0.5, 0.6) is 0 Å². The summed E-state index contributed by atoms with van der Waals surface area (Å²) in [7, 11) is 3.97. The van der Waals surface area contributed by atoms with Crippen molar-refractivity contribution < 1.29 is 4.79 Å². The summed E-state index contributed by atoms with van der Waals surface area (Å²) < 4.78 is 0. The summed E-state index contributed by atoms with van der Waals surface area (Å²) in [5.74, 6) is -0.0680. The minimum absolute atomic E-state index is 0.129. The van der Waals surface area contributed by atoms with Gasteiger partial charge in [0.25, 0.3) is 5.91 Å². The van der Waals surface area contributed by atoms with Gasteiger partial charge < -0.3 is 16.0 Å². The number of nitrogen functional groups attached to an aromatic ring is 1. The molecule has 2 heterocycles. The Labute approximate surface area is 121 Å². The standard InChI is InChI=1S/C13H17N5OS/c1-18(2)10(11-4-3-5-20-11)7-16-13(19)9-6-15-8-17-12(9)14/h3-6,8,10H,7H2,1-2H3,(H,16,19)(H2,14,15,17). The number of anilines is 1. The highest BCUT2D eigenvalue weighted by Gasteiger charge is 2.17. The summed E-state index contributed by atoms with van der Waals surface area (Å²) in [5, 5.41) is 4.90. The predicted molar refractivity (Wildman–Crippen MR) is 79.5 cm³/mol. The Morgan fingerprint density at radius 2 is 2.35 bits per heavy atom. The Morgan fingerprint density at radius 1 is 1.55 bits per heavy atom. The number of amides is 1. The summed E-state index contributed by atoms with van der Waals surface area (Å²) >= 11 is 1.67. The average Bonchev–Trinajstić information content (AvgIpc) is 2.92. The Kier molecular flexibility index (Phi) is 4.65. The smallest absolute Gasteiger partial charge is 0.256 e. The van der Waals surface area contributed by atoms with Gasteiger partial charge in [-0.2, -0.15) is 0 Å². The fourth-order valence-corrected chi connectivity index (χ4v) is 2.74. The van der Waals surface area contributed by atoms with E-state index in [1.54, 1.807) is 11.3 Å². The molecule has 0 radical (unpaired) electrons. The summed E-state index contributed by atoms with van der Waals surface area (Å²) in [6.07, 6.45) is 2.74. The highest BCUT2D eigenvalue weighted by atomic mass is 32.1. The first kappa shape index (κ1) is 14.4. The topological polar surface area (TPSA) is 84.1 Å². The van der Waals surface area contributed by atoms with Gasteiger partial charge in [0, 0.05) is 17.6 Å². The first-order valence-corrected chi connectivity index (χ1v) is 7.01. The minimum atomic E-state index is -0.258. The number of hydrogen-bond donors (Lipinski definition) is 2. The number of nitrogens with two attached hydrogens (primary N) is 1. The molecule has 106 valence electrons. The number of aromatic nitrogens is 2. The SMILES string of the molecule is CN(C)C(CNC(=O)c1cncnc1N)c1cccs1. The quantitative estimate of drug-likeness (QED) is 0.863. The maximum Gasteiger partial charge on any atom is 0.256 e. The molecule has 0 aliphatic rings. The lowest BCUT2D eigenvalue weighted by Gasteiger charge is -2.23. The van der Waals surface area contributed by atoms with Crippen molar-refractivity contribution in [1.29, 1.82) is 0 Å². The van der Waals surface area contributed by atoms with Crippen LogP contribution in [0.3, 0.4) is 0 Å². The van der Waals surface area contributed by atoms with Crippen LogP contribution in [0.4, 0.5) is 5.82 Å². The first-order valence-electron chi connectivity index (χ1n) is 6.13. The lowest BCUT2D eigenvalue weighted by atomic mass is 10.2. The van der Waals surface area contributed by atoms with Gasteiger partial charge in [-0.05, 0) is 25.5 Å². The molecule has 3 N–H and O–H groups in total. The normalized spacial score (nSPS) is 12.3. The monoisotopic (exact) mass is 291 g/mol. The van der Waals surface area contributed by atoms with E-state index >= 15 is 0 Å². The van der Waals surface area contributed by atoms with Gasteiger partial charge in [-0.1, -0.05) is 6.07 Å². The number of nitrogens with zero attached hydrogens (tertiary/aromatic N) is 3. The molecule has 1 unspecified atom stereocenters. The number of likely N-dealkylation sites (N-methyl/N-ethyl adjacent to an activating group) is 1. The third kappa shape index (κ3) is 3.31. The molecule has 0 aliphatic carbocycles. The summed E-state index contributed by atoms with van der Waals surface area (Å²) in [5.41, 5.74) is 5.96. The van der Waals surface area contributed by atoms with E-state index in [2.05, 4.69) is 26.3 Å². The van der Waals surface area contributed by atoms with E-state index in [-0.39, 0.29) is 17.8 Å². The molecule has 0 aliphatic heterocycles. The van der Waals surface area contributed by atoms with Gasteiger partial charge in [-0.15, -0.1) is 11.3 Å². The van der Waals surface area contributed by atoms with Gasteiger partial charge in [0.05, 0.1) is 11.6 Å². The Bertz CT molecular complexity index is 570. The van der Waals surface area contributed by atoms with Crippen molar-refractivity contribution in [2.75, 3.05) is 26.4 Å². The van der Waals surface area contributed by atoms with Crippen molar-refractivity contribution in [2.45, 2.75) is 6.04 Å². The molecule has 0 spiro atoms. The number of thiophene rings is 1. The number of nitrogens with one attached hydrogen (secondary N) is 1. The highest BCUT2D eigenvalue weighted by molar-refractivity contribution is 7.10. The van der Waals surface area contributed by atoms with Gasteiger partial charge >= 0.3 is 0 Å². The molecule has 1 amide bonds. The minimum Gasteiger partial charge on any atom is -0.383 e. The maximum atomic E-state index is 12.1. The Balaban J connectivity index is 2.03. The van der Waals surface area contributed by atoms with Crippen LogP contribution < -0.4 is 11.1 Å². The number of carbonyl (C=O) groups is 1. The lowest BCUT2D eigenvalue weighted by molar-refractivity contribution is 0.0942. The fourth-order valence-electron chi connectivity index (χ4n) is 1.82. The van der Waals surface area contributed by atoms with Gasteiger partial charge in [0.1, 0.15) is 12.1 Å². The Morgan fingerprint density at radius 3 is 2.95 bits per heavy atom. The molecule has 0 saturated carbocycles. The second kappa shape index (κ2) is 6.44. The zero-order valence-electron chi connectivity index (χ0n) is 11.4. The van der Waals surface area contributed by atoms with Crippen LogP contribution in [-0.4, -0.2) is 41.4 Å². The molecule has 7 heteroatoms. The first-order chi connectivity index (χ1) is 9.59. The summed E-state index contributed by atoms with van der Waals surface area (Å²) in [4.78, 5) is 23.0. The zero-order chi connectivity index (χ0) is 14.5. The van der Waals surface area contributed by atoms with Crippen LogP contribution in [0, 0.1) is 0 Å². The molecule has 6 nitrogen and oxygen atoms in total. The summed E-state index contributed by atoms with van der Waals surface area (Å²) in [6, 6.07) is 4.19. The van der Waals surface area contributed by atoms with Crippen LogP contribution in [0.25, 0.3) is 0 Å². The molecule has 2 rings (SSSR count). The molecule has 0 saturated heterocycles. The van der Waals surface area contributed by atoms with E-state index in [9.17, 15) is 4.79 Å². The fraction of sp³-hybridized carbons (Fsp3) is 0.308. The van der Waals surface area contributed by atoms with Crippen LogP contribution in [0.1, 0.15) is 21.3 Å². The summed E-state index contributed by atoms with van der Waals surface area (Å²) in [6.45, 7) is 0.501. The van der Waals surface area contributed by atoms with Gasteiger partial charge in [-0.3, -0.25) is 4.79 Å². The molecular weight excluding hydrogens is 274 g/mol. The van der Waals surface area contributed by atoms with E-state index in [0.717, 1.165) is 0 Å². The van der Waals surface area contributed by atoms with Crippen molar-refractivity contribution in [3.63, 3.8) is 0 Å². The van der Waals surface area contributed by atoms with Crippen molar-refractivity contribution in [3.05, 3.63) is 40.5 Å². The van der Waals surface area contributed by atoms with Crippen molar-refractivity contribution in [1.82, 2.24) is 20.2 Å². The highest BCUT2D eigenvalue weighted by Crippen LogP contribution is 2.22. The van der Waals surface area contributed by atoms with Crippen LogP contribution in [0.15, 0.2) is 30.0 Å². The van der Waals surface area contributed by atoms with Crippen LogP contribution in [0.2, 0.25) is 0 Å². The van der Waals surface area contributed by atoms with Crippen LogP contribution >= 0.6 is 11.3 Å². The van der Waals surface area contributed by atoms with Crippen molar-refractivity contribution >= 4 is 23.1 Å². The van der Waals surface area contributed by atoms with E-state index in [1.807, 2.05) is 25.5 Å². The molecule has 2 aromatic rings. The van der Waals surface area contributed by atoms with Crippen molar-refractivity contribution in [2.24, 2.45) is 0 Å². The predicted octanol–water partition coefficient (Wildman–Crippen LogP) is 1.15. The van der Waals surface area contributed by atoms with Crippen LogP contribution in [-0.2, 0) is 0 Å². The van der Waals surface area contributed by atoms with Gasteiger partial charge in [0.15, 0.2) is 0 Å². The molecule has 0 aromatic carbocycles. The molecule has 2 aromatic heterocycles. The molecular formula is C13H17N5OS. The van der Waals surface area contributed by atoms with E-state index < -0.39 is 0 Å². The molecule has 1 atom stereocenters. The second-order valence-electron chi connectivity index (χ2n) is 4.53. The number of carbonyl (C=O) groups excluding carboxylic acids is 1. The maximum absolute atomic E-state index is 12.1. The third-order valence-electron chi connectivity index (χ3n) is 2.94. The Hall–Kier alpha value is -1.99. The largest absolute Gasteiger partial charge is 0.383 e. The number of hydrogen-bond acceptors (Lipinski definition) is 6. The van der Waals surface area contributed by atoms with E-state index in [4.69, 9.17) is 5.73 Å². The molecule has 0 bridgehead atoms. The molecule has 20 heavy (non-hydrogen) atoms. The van der Waals surface area contributed by atoms with Crippen molar-refractivity contribution in [3.8, 4) is 0 Å². The second-order valence-corrected chi connectivity index (χ2v) is 5.51. The van der Waals surface area contributed by atoms with Gasteiger partial charge in [-0.25, -0.2) is 9.97 Å². The zero-order valence-corrected chi connectivity index (χ0v) is 12.2. The third-order valence-corrected chi connectivity index (χ3v) is 3.91.